The summed E-state index contributed by atoms with van der Waals surface area (Å²) in [4.78, 5) is 28.7. The van der Waals surface area contributed by atoms with Crippen molar-refractivity contribution in [3.63, 3.8) is 0 Å². The fraction of sp³-hybridized carbons (Fsp3) is 0.316. The largest absolute Gasteiger partial charge is 0.283 e. The van der Waals surface area contributed by atoms with Crippen molar-refractivity contribution in [3.05, 3.63) is 60.4 Å². The predicted octanol–water partition coefficient (Wildman–Crippen LogP) is 1.81. The monoisotopic (exact) mass is 387 g/mol. The summed E-state index contributed by atoms with van der Waals surface area (Å²) in [7, 11) is -3.74. The van der Waals surface area contributed by atoms with Gasteiger partial charge in [0.25, 0.3) is 0 Å². The van der Waals surface area contributed by atoms with Crippen LogP contribution in [0.5, 0.6) is 0 Å². The minimum absolute atomic E-state index is 0.120. The van der Waals surface area contributed by atoms with Crippen molar-refractivity contribution in [2.75, 3.05) is 13.1 Å². The van der Waals surface area contributed by atoms with E-state index in [1.165, 1.54) is 27.7 Å². The first kappa shape index (κ1) is 19.2. The Morgan fingerprint density at radius 2 is 1.70 bits per heavy atom. The molecule has 142 valence electrons. The number of carbonyl (C=O) groups excluding carboxylic acids is 2. The first-order valence-electron chi connectivity index (χ1n) is 8.76. The number of pyridine rings is 1. The van der Waals surface area contributed by atoms with E-state index in [0.29, 0.717) is 6.42 Å². The summed E-state index contributed by atoms with van der Waals surface area (Å²) in [6.45, 7) is 0.634. The van der Waals surface area contributed by atoms with E-state index in [1.54, 1.807) is 6.07 Å². The first-order valence-corrected chi connectivity index (χ1v) is 10.2. The number of sulfonamides is 1. The van der Waals surface area contributed by atoms with Gasteiger partial charge >= 0.3 is 0 Å². The van der Waals surface area contributed by atoms with E-state index in [2.05, 4.69) is 4.98 Å². The van der Waals surface area contributed by atoms with Gasteiger partial charge in [-0.25, -0.2) is 8.42 Å². The van der Waals surface area contributed by atoms with Gasteiger partial charge < -0.3 is 0 Å². The van der Waals surface area contributed by atoms with Crippen LogP contribution in [0.2, 0.25) is 0 Å². The molecule has 2 aromatic rings. The van der Waals surface area contributed by atoms with E-state index in [9.17, 15) is 18.0 Å². The molecule has 1 aliphatic heterocycles. The minimum Gasteiger partial charge on any atom is -0.283 e. The van der Waals surface area contributed by atoms with Crippen molar-refractivity contribution in [1.29, 1.82) is 0 Å². The van der Waals surface area contributed by atoms with Crippen molar-refractivity contribution < 1.29 is 18.0 Å². The SMILES string of the molecule is O=C1CCC(=O)N1CCCN(Cc1ccccc1)S(=O)(=O)c1cccnc1. The quantitative estimate of drug-likeness (QED) is 0.645. The maximum atomic E-state index is 13.0. The maximum Gasteiger partial charge on any atom is 0.244 e. The molecule has 1 aliphatic rings. The molecule has 2 heterocycles. The number of likely N-dealkylation sites (tertiary alicyclic amines) is 1. The van der Waals surface area contributed by atoms with Crippen LogP contribution in [-0.2, 0) is 26.2 Å². The van der Waals surface area contributed by atoms with Crippen molar-refractivity contribution in [1.82, 2.24) is 14.2 Å². The summed E-state index contributed by atoms with van der Waals surface area (Å²) in [5.41, 5.74) is 0.860. The summed E-state index contributed by atoms with van der Waals surface area (Å²) >= 11 is 0. The van der Waals surface area contributed by atoms with Gasteiger partial charge in [0.05, 0.1) is 0 Å². The summed E-state index contributed by atoms with van der Waals surface area (Å²) < 4.78 is 27.4. The third-order valence-corrected chi connectivity index (χ3v) is 6.25. The molecule has 1 aromatic carbocycles. The Bertz CT molecular complexity index is 885. The van der Waals surface area contributed by atoms with E-state index in [0.717, 1.165) is 5.56 Å². The molecular formula is C19H21N3O4S. The average molecular weight is 387 g/mol. The third-order valence-electron chi connectivity index (χ3n) is 4.42. The normalized spacial score (nSPS) is 14.9. The van der Waals surface area contributed by atoms with Crippen LogP contribution in [0.3, 0.4) is 0 Å². The van der Waals surface area contributed by atoms with Crippen LogP contribution in [0, 0.1) is 0 Å². The molecule has 0 N–H and O–H groups in total. The lowest BCUT2D eigenvalue weighted by atomic mass is 10.2. The van der Waals surface area contributed by atoms with Crippen LogP contribution in [0.4, 0.5) is 0 Å². The molecule has 0 saturated carbocycles. The Hall–Kier alpha value is -2.58. The third kappa shape index (κ3) is 4.58. The zero-order chi connectivity index (χ0) is 19.3. The van der Waals surface area contributed by atoms with E-state index >= 15 is 0 Å². The van der Waals surface area contributed by atoms with Crippen molar-refractivity contribution >= 4 is 21.8 Å². The van der Waals surface area contributed by atoms with Crippen LogP contribution in [0.15, 0.2) is 59.8 Å². The second-order valence-corrected chi connectivity index (χ2v) is 8.24. The zero-order valence-electron chi connectivity index (χ0n) is 14.8. The van der Waals surface area contributed by atoms with Crippen molar-refractivity contribution in [2.45, 2.75) is 30.7 Å². The number of carbonyl (C=O) groups is 2. The highest BCUT2D eigenvalue weighted by Gasteiger charge is 2.29. The second kappa shape index (κ2) is 8.41. The number of aromatic nitrogens is 1. The molecule has 7 nitrogen and oxygen atoms in total. The molecule has 0 radical (unpaired) electrons. The number of hydrogen-bond donors (Lipinski definition) is 0. The fourth-order valence-electron chi connectivity index (χ4n) is 3.00. The molecule has 0 aliphatic carbocycles. The van der Waals surface area contributed by atoms with Gasteiger partial charge in [-0.1, -0.05) is 30.3 Å². The number of nitrogens with zero attached hydrogens (tertiary/aromatic N) is 3. The van der Waals surface area contributed by atoms with Gasteiger partial charge in [0, 0.05) is 44.9 Å². The molecule has 0 unspecified atom stereocenters. The van der Waals surface area contributed by atoms with Gasteiger partial charge in [-0.2, -0.15) is 4.31 Å². The molecular weight excluding hydrogens is 366 g/mol. The molecule has 2 amide bonds. The van der Waals surface area contributed by atoms with E-state index in [4.69, 9.17) is 0 Å². The molecule has 1 aromatic heterocycles. The summed E-state index contributed by atoms with van der Waals surface area (Å²) in [6.07, 6.45) is 3.69. The van der Waals surface area contributed by atoms with Crippen LogP contribution in [0.1, 0.15) is 24.8 Å². The van der Waals surface area contributed by atoms with Crippen LogP contribution in [-0.4, -0.2) is 47.5 Å². The van der Waals surface area contributed by atoms with Gasteiger partial charge in [0.1, 0.15) is 4.90 Å². The smallest absolute Gasteiger partial charge is 0.244 e. The Balaban J connectivity index is 1.75. The Kier molecular flexibility index (Phi) is 5.98. The summed E-state index contributed by atoms with van der Waals surface area (Å²) in [6, 6.07) is 12.4. The number of rotatable bonds is 8. The summed E-state index contributed by atoms with van der Waals surface area (Å²) in [5, 5.41) is 0. The zero-order valence-corrected chi connectivity index (χ0v) is 15.6. The molecule has 0 spiro atoms. The lowest BCUT2D eigenvalue weighted by molar-refractivity contribution is -0.138. The Morgan fingerprint density at radius 3 is 2.33 bits per heavy atom. The molecule has 27 heavy (non-hydrogen) atoms. The molecule has 8 heteroatoms. The highest BCUT2D eigenvalue weighted by Crippen LogP contribution is 2.19. The highest BCUT2D eigenvalue weighted by molar-refractivity contribution is 7.89. The Labute approximate surface area is 158 Å². The number of benzene rings is 1. The topological polar surface area (TPSA) is 87.7 Å². The Morgan fingerprint density at radius 1 is 1.00 bits per heavy atom. The average Bonchev–Trinajstić information content (AvgIpc) is 3.00. The number of amides is 2. The second-order valence-electron chi connectivity index (χ2n) is 6.31. The van der Waals surface area contributed by atoms with E-state index in [1.807, 2.05) is 30.3 Å². The molecule has 1 fully saturated rings. The molecule has 1 saturated heterocycles. The first-order chi connectivity index (χ1) is 13.0. The minimum atomic E-state index is -3.74. The van der Waals surface area contributed by atoms with E-state index in [-0.39, 0.29) is 49.2 Å². The summed E-state index contributed by atoms with van der Waals surface area (Å²) in [5.74, 6) is -0.380. The molecule has 0 bridgehead atoms. The molecule has 0 atom stereocenters. The number of imide groups is 1. The maximum absolute atomic E-state index is 13.0. The van der Waals surface area contributed by atoms with Crippen LogP contribution in [0.25, 0.3) is 0 Å². The van der Waals surface area contributed by atoms with Crippen LogP contribution >= 0.6 is 0 Å². The highest BCUT2D eigenvalue weighted by atomic mass is 32.2. The molecule has 3 rings (SSSR count). The predicted molar refractivity (Wildman–Crippen MR) is 98.8 cm³/mol. The van der Waals surface area contributed by atoms with Gasteiger partial charge in [0.2, 0.25) is 21.8 Å². The number of hydrogen-bond acceptors (Lipinski definition) is 5. The van der Waals surface area contributed by atoms with Gasteiger partial charge in [0.15, 0.2) is 0 Å². The lowest BCUT2D eigenvalue weighted by Gasteiger charge is -2.23. The van der Waals surface area contributed by atoms with Crippen molar-refractivity contribution in [3.8, 4) is 0 Å². The van der Waals surface area contributed by atoms with Crippen molar-refractivity contribution in [2.24, 2.45) is 0 Å². The van der Waals surface area contributed by atoms with E-state index < -0.39 is 10.0 Å². The standard InChI is InChI=1S/C19H21N3O4S/c23-18-9-10-19(24)22(18)13-5-12-21(15-16-6-2-1-3-7-16)27(25,26)17-8-4-11-20-14-17/h1-4,6-8,11,14H,5,9-10,12-13,15H2. The van der Waals surface area contributed by atoms with Gasteiger partial charge in [-0.05, 0) is 24.1 Å². The van der Waals surface area contributed by atoms with Crippen LogP contribution < -0.4 is 0 Å². The fourth-order valence-corrected chi connectivity index (χ4v) is 4.43. The lowest BCUT2D eigenvalue weighted by Crippen LogP contribution is -2.35. The van der Waals surface area contributed by atoms with Gasteiger partial charge in [-0.3, -0.25) is 19.5 Å². The van der Waals surface area contributed by atoms with Gasteiger partial charge in [-0.15, -0.1) is 0 Å².